The molecular formula is C20H20ClN5O3. The molecular weight excluding hydrogens is 394 g/mol. The number of benzene rings is 1. The Morgan fingerprint density at radius 1 is 1.31 bits per heavy atom. The largest absolute Gasteiger partial charge is 0.359 e. The molecule has 2 aliphatic rings. The molecule has 0 spiro atoms. The molecule has 1 saturated heterocycles. The summed E-state index contributed by atoms with van der Waals surface area (Å²) in [6.07, 6.45) is 2.02. The highest BCUT2D eigenvalue weighted by molar-refractivity contribution is 6.30. The highest BCUT2D eigenvalue weighted by atomic mass is 35.5. The highest BCUT2D eigenvalue weighted by Gasteiger charge is 2.31. The number of aromatic nitrogens is 1. The molecule has 1 atom stereocenters. The first-order chi connectivity index (χ1) is 13.9. The van der Waals surface area contributed by atoms with Gasteiger partial charge in [0, 0.05) is 24.8 Å². The van der Waals surface area contributed by atoms with Crippen molar-refractivity contribution in [2.24, 2.45) is 0 Å². The summed E-state index contributed by atoms with van der Waals surface area (Å²) >= 11 is 5.94. The van der Waals surface area contributed by atoms with Crippen LogP contribution in [0.4, 0.5) is 11.5 Å². The van der Waals surface area contributed by atoms with Crippen LogP contribution < -0.4 is 15.5 Å². The SMILES string of the molecule is CN1CCC(NC(=O)c2cnc3c(c2)N(Cc2ccc(Cl)cc2)C(=O)CN3)C1=O. The summed E-state index contributed by atoms with van der Waals surface area (Å²) in [6.45, 7) is 1.07. The van der Waals surface area contributed by atoms with Gasteiger partial charge in [-0.25, -0.2) is 4.98 Å². The minimum Gasteiger partial charge on any atom is -0.359 e. The van der Waals surface area contributed by atoms with Gasteiger partial charge in [-0.15, -0.1) is 0 Å². The zero-order chi connectivity index (χ0) is 20.5. The van der Waals surface area contributed by atoms with Crippen molar-refractivity contribution in [2.75, 3.05) is 30.4 Å². The summed E-state index contributed by atoms with van der Waals surface area (Å²) in [5.41, 5.74) is 1.73. The smallest absolute Gasteiger partial charge is 0.253 e. The quantitative estimate of drug-likeness (QED) is 0.794. The van der Waals surface area contributed by atoms with Gasteiger partial charge >= 0.3 is 0 Å². The fourth-order valence-electron chi connectivity index (χ4n) is 3.45. The van der Waals surface area contributed by atoms with E-state index in [4.69, 9.17) is 11.6 Å². The second-order valence-corrected chi connectivity index (χ2v) is 7.56. The van der Waals surface area contributed by atoms with E-state index in [1.165, 1.54) is 6.20 Å². The molecule has 0 bridgehead atoms. The Kier molecular flexibility index (Phi) is 5.10. The number of likely N-dealkylation sites (N-methyl/N-ethyl adjacent to an activating group) is 1. The zero-order valence-electron chi connectivity index (χ0n) is 15.8. The number of likely N-dealkylation sites (tertiary alicyclic amines) is 1. The Labute approximate surface area is 172 Å². The van der Waals surface area contributed by atoms with Crippen LogP contribution in [0.5, 0.6) is 0 Å². The number of rotatable bonds is 4. The molecule has 2 aliphatic heterocycles. The van der Waals surface area contributed by atoms with Crippen LogP contribution in [0, 0.1) is 0 Å². The van der Waals surface area contributed by atoms with Crippen LogP contribution in [0.1, 0.15) is 22.3 Å². The third-order valence-electron chi connectivity index (χ3n) is 5.12. The number of nitrogens with zero attached hydrogens (tertiary/aromatic N) is 3. The average Bonchev–Trinajstić information content (AvgIpc) is 3.03. The van der Waals surface area contributed by atoms with E-state index in [0.29, 0.717) is 41.6 Å². The molecule has 1 aromatic heterocycles. The van der Waals surface area contributed by atoms with E-state index < -0.39 is 11.9 Å². The van der Waals surface area contributed by atoms with Crippen molar-refractivity contribution in [3.63, 3.8) is 0 Å². The maximum atomic E-state index is 12.7. The van der Waals surface area contributed by atoms with E-state index in [1.54, 1.807) is 35.0 Å². The zero-order valence-corrected chi connectivity index (χ0v) is 16.6. The number of nitrogens with one attached hydrogen (secondary N) is 2. The average molecular weight is 414 g/mol. The molecule has 3 heterocycles. The lowest BCUT2D eigenvalue weighted by atomic mass is 10.1. The lowest BCUT2D eigenvalue weighted by Crippen LogP contribution is -2.41. The summed E-state index contributed by atoms with van der Waals surface area (Å²) in [5.74, 6) is -0.0879. The topological polar surface area (TPSA) is 94.6 Å². The van der Waals surface area contributed by atoms with Gasteiger partial charge in [0.2, 0.25) is 11.8 Å². The van der Waals surface area contributed by atoms with Gasteiger partial charge in [0.1, 0.15) is 6.04 Å². The Morgan fingerprint density at radius 2 is 2.07 bits per heavy atom. The van der Waals surface area contributed by atoms with Gasteiger partial charge in [0.15, 0.2) is 5.82 Å². The van der Waals surface area contributed by atoms with Gasteiger partial charge in [0.05, 0.1) is 24.3 Å². The molecule has 9 heteroatoms. The fraction of sp³-hybridized carbons (Fsp3) is 0.300. The van der Waals surface area contributed by atoms with Crippen LogP contribution in [0.3, 0.4) is 0 Å². The molecule has 1 fully saturated rings. The first-order valence-corrected chi connectivity index (χ1v) is 9.65. The molecule has 29 heavy (non-hydrogen) atoms. The van der Waals surface area contributed by atoms with Crippen molar-refractivity contribution in [1.82, 2.24) is 15.2 Å². The van der Waals surface area contributed by atoms with Gasteiger partial charge in [-0.3, -0.25) is 14.4 Å². The summed E-state index contributed by atoms with van der Waals surface area (Å²) in [4.78, 5) is 44.7. The van der Waals surface area contributed by atoms with Gasteiger partial charge < -0.3 is 20.4 Å². The van der Waals surface area contributed by atoms with E-state index in [2.05, 4.69) is 15.6 Å². The lowest BCUT2D eigenvalue weighted by Gasteiger charge is -2.30. The van der Waals surface area contributed by atoms with Crippen molar-refractivity contribution in [3.8, 4) is 0 Å². The first kappa shape index (κ1) is 19.2. The van der Waals surface area contributed by atoms with Crippen LogP contribution in [0.15, 0.2) is 36.5 Å². The third-order valence-corrected chi connectivity index (χ3v) is 5.37. The summed E-state index contributed by atoms with van der Waals surface area (Å²) < 4.78 is 0. The summed E-state index contributed by atoms with van der Waals surface area (Å²) in [6, 6.07) is 8.33. The standard InChI is InChI=1S/C20H20ClN5O3/c1-25-7-6-15(20(25)29)24-19(28)13-8-16-18(22-9-13)23-10-17(27)26(16)11-12-2-4-14(21)5-3-12/h2-5,8-9,15H,6-7,10-11H2,1H3,(H,22,23)(H,24,28). The molecule has 8 nitrogen and oxygen atoms in total. The molecule has 150 valence electrons. The fourth-order valence-corrected chi connectivity index (χ4v) is 3.58. The number of hydrogen-bond acceptors (Lipinski definition) is 5. The van der Waals surface area contributed by atoms with Gasteiger partial charge in [-0.1, -0.05) is 23.7 Å². The monoisotopic (exact) mass is 413 g/mol. The Morgan fingerprint density at radius 3 is 2.76 bits per heavy atom. The van der Waals surface area contributed by atoms with Crippen LogP contribution in [-0.2, 0) is 16.1 Å². The van der Waals surface area contributed by atoms with Crippen molar-refractivity contribution >= 4 is 40.8 Å². The lowest BCUT2D eigenvalue weighted by molar-refractivity contribution is -0.128. The maximum absolute atomic E-state index is 12.7. The highest BCUT2D eigenvalue weighted by Crippen LogP contribution is 2.30. The number of amides is 3. The number of halogens is 1. The molecule has 1 aromatic carbocycles. The van der Waals surface area contributed by atoms with Crippen molar-refractivity contribution in [3.05, 3.63) is 52.7 Å². The van der Waals surface area contributed by atoms with Crippen LogP contribution >= 0.6 is 11.6 Å². The molecule has 2 N–H and O–H groups in total. The first-order valence-electron chi connectivity index (χ1n) is 9.27. The van der Waals surface area contributed by atoms with Crippen LogP contribution in [0.25, 0.3) is 0 Å². The molecule has 4 rings (SSSR count). The van der Waals surface area contributed by atoms with Crippen LogP contribution in [-0.4, -0.2) is 53.8 Å². The summed E-state index contributed by atoms with van der Waals surface area (Å²) in [7, 11) is 1.71. The second-order valence-electron chi connectivity index (χ2n) is 7.13. The molecule has 2 aromatic rings. The third kappa shape index (κ3) is 3.88. The number of anilines is 2. The van der Waals surface area contributed by atoms with E-state index in [9.17, 15) is 14.4 Å². The van der Waals surface area contributed by atoms with Crippen molar-refractivity contribution < 1.29 is 14.4 Å². The van der Waals surface area contributed by atoms with Crippen molar-refractivity contribution in [2.45, 2.75) is 19.0 Å². The van der Waals surface area contributed by atoms with E-state index in [0.717, 1.165) is 5.56 Å². The minimum absolute atomic E-state index is 0.106. The van der Waals surface area contributed by atoms with E-state index in [-0.39, 0.29) is 18.4 Å². The van der Waals surface area contributed by atoms with Gasteiger partial charge in [-0.05, 0) is 30.2 Å². The predicted octanol–water partition coefficient (Wildman–Crippen LogP) is 1.65. The number of fused-ring (bicyclic) bond motifs is 1. The Bertz CT molecular complexity index is 979. The maximum Gasteiger partial charge on any atom is 0.253 e. The number of carbonyl (C=O) groups is 3. The van der Waals surface area contributed by atoms with Gasteiger partial charge in [0.25, 0.3) is 5.91 Å². The Balaban J connectivity index is 1.57. The number of pyridine rings is 1. The molecule has 1 unspecified atom stereocenters. The van der Waals surface area contributed by atoms with E-state index >= 15 is 0 Å². The molecule has 3 amide bonds. The number of hydrogen-bond donors (Lipinski definition) is 2. The van der Waals surface area contributed by atoms with Gasteiger partial charge in [-0.2, -0.15) is 0 Å². The second kappa shape index (κ2) is 7.71. The van der Waals surface area contributed by atoms with Crippen LogP contribution in [0.2, 0.25) is 5.02 Å². The normalized spacial score (nSPS) is 18.5. The number of carbonyl (C=O) groups excluding carboxylic acids is 3. The molecule has 0 radical (unpaired) electrons. The van der Waals surface area contributed by atoms with E-state index in [1.807, 2.05) is 12.1 Å². The minimum atomic E-state index is -0.534. The molecule has 0 saturated carbocycles. The molecule has 0 aliphatic carbocycles. The Hall–Kier alpha value is -3.13. The van der Waals surface area contributed by atoms with Crippen molar-refractivity contribution in [1.29, 1.82) is 0 Å². The summed E-state index contributed by atoms with van der Waals surface area (Å²) in [5, 5.41) is 6.35. The predicted molar refractivity (Wildman–Crippen MR) is 109 cm³/mol.